The van der Waals surface area contributed by atoms with Crippen LogP contribution in [-0.2, 0) is 0 Å². The molecule has 0 amide bonds. The van der Waals surface area contributed by atoms with Crippen LogP contribution in [0.15, 0.2) is 0 Å². The van der Waals surface area contributed by atoms with Crippen LogP contribution in [-0.4, -0.2) is 6.15 Å². The van der Waals surface area contributed by atoms with Crippen molar-refractivity contribution in [1.29, 1.82) is 0 Å². The van der Waals surface area contributed by atoms with Crippen molar-refractivity contribution < 1.29 is 1.43 Å². The van der Waals surface area contributed by atoms with E-state index in [-0.39, 0.29) is 7.57 Å². The summed E-state index contributed by atoms with van der Waals surface area (Å²) < 4.78 is 0. The van der Waals surface area contributed by atoms with Crippen LogP contribution in [0.5, 0.6) is 0 Å². The largest absolute Gasteiger partial charge is 1.00 e. The van der Waals surface area contributed by atoms with E-state index in [1.165, 1.54) is 0 Å². The lowest BCUT2D eigenvalue weighted by atomic mass is 9.32. The van der Waals surface area contributed by atoms with Crippen LogP contribution in [0.4, 0.5) is 0 Å². The first-order valence-electron chi connectivity index (χ1n) is 2.31. The van der Waals surface area contributed by atoms with Crippen molar-refractivity contribution in [2.24, 2.45) is 0 Å². The molecule has 0 aliphatic rings. The highest BCUT2D eigenvalue weighted by Crippen LogP contribution is 1.94. The molecule has 0 heterocycles. The third kappa shape index (κ3) is 4110. The third-order valence-corrected chi connectivity index (χ3v) is 0. The topological polar surface area (TPSA) is 0 Å². The van der Waals surface area contributed by atoms with Crippen molar-refractivity contribution in [2.45, 2.75) is 27.3 Å². The molecule has 1 heteroatoms. The van der Waals surface area contributed by atoms with Gasteiger partial charge in [-0.1, -0.05) is 0 Å². The summed E-state index contributed by atoms with van der Waals surface area (Å²) in [4.78, 5) is 0. The predicted molar refractivity (Wildman–Crippen MR) is 30.3 cm³/mol. The number of rotatable bonds is 0. The van der Waals surface area contributed by atoms with Crippen molar-refractivity contribution in [3.05, 3.63) is 0 Å². The van der Waals surface area contributed by atoms with Gasteiger partial charge in [0.2, 0.25) is 0 Å². The zero-order valence-electron chi connectivity index (χ0n) is 5.58. The molecule has 0 aromatic heterocycles. The second-order valence-corrected chi connectivity index (χ2v) is 3.46. The van der Waals surface area contributed by atoms with E-state index in [2.05, 4.69) is 27.3 Å². The summed E-state index contributed by atoms with van der Waals surface area (Å²) in [5.41, 5.74) is 0. The fourth-order valence-corrected chi connectivity index (χ4v) is 0. The van der Waals surface area contributed by atoms with Gasteiger partial charge in [0.25, 0.3) is 0 Å². The lowest BCUT2D eigenvalue weighted by Crippen LogP contribution is -2.10. The van der Waals surface area contributed by atoms with Crippen molar-refractivity contribution in [3.63, 3.8) is 0 Å². The molecule has 0 radical (unpaired) electrons. The van der Waals surface area contributed by atoms with Gasteiger partial charge in [0.1, 0.15) is 0 Å². The van der Waals surface area contributed by atoms with Gasteiger partial charge in [0.05, 0.1) is 0 Å². The Morgan fingerprint density at radius 1 is 1.00 bits per heavy atom. The maximum Gasteiger partial charge on any atom is 1.00 e. The van der Waals surface area contributed by atoms with Crippen LogP contribution in [0.3, 0.4) is 0 Å². The van der Waals surface area contributed by atoms with Crippen molar-refractivity contribution >= 4 is 6.15 Å². The molecule has 0 N–H and O–H groups in total. The minimum atomic E-state index is 0. The van der Waals surface area contributed by atoms with E-state index in [0.29, 0.717) is 0 Å². The second-order valence-electron chi connectivity index (χ2n) is 3.46. The molecule has 0 aromatic carbocycles. The normalized spacial score (nSPS) is 12.0. The Hall–Kier alpha value is 0.0649. The van der Waals surface area contributed by atoms with Crippen LogP contribution in [0.25, 0.3) is 0 Å². The van der Waals surface area contributed by atoms with E-state index >= 15 is 0 Å². The summed E-state index contributed by atoms with van der Waals surface area (Å²) in [6, 6.07) is 0. The van der Waals surface area contributed by atoms with Gasteiger partial charge in [0.15, 0.2) is 0 Å². The first-order valence-corrected chi connectivity index (χ1v) is 2.31. The Bertz CT molecular complexity index is 23.0. The minimum absolute atomic E-state index is 0. The number of hydrogen-bond donors (Lipinski definition) is 0. The number of hydrogen-bond acceptors (Lipinski definition) is 0. The zero-order chi connectivity index (χ0) is 4.50. The molecule has 0 atom stereocenters. The fraction of sp³-hybridized carbons (Fsp3) is 1.00. The van der Waals surface area contributed by atoms with E-state index in [9.17, 15) is 0 Å². The fourth-order valence-electron chi connectivity index (χ4n) is 0. The van der Waals surface area contributed by atoms with Crippen LogP contribution < -0.4 is 0 Å². The molecule has 5 heavy (non-hydrogen) atoms. The Morgan fingerprint density at radius 3 is 1.00 bits per heavy atom. The minimum Gasteiger partial charge on any atom is -0.191 e. The SMILES string of the molecule is C[B-](C)(C)C.[H+]. The maximum absolute atomic E-state index is 2.25. The second kappa shape index (κ2) is 1.04. The summed E-state index contributed by atoms with van der Waals surface area (Å²) in [6.45, 7) is 9.00. The van der Waals surface area contributed by atoms with Gasteiger partial charge in [-0.15, -0.1) is 0 Å². The van der Waals surface area contributed by atoms with Gasteiger partial charge < -0.3 is 0 Å². The molecule has 0 aliphatic carbocycles. The molecule has 0 fully saturated rings. The quantitative estimate of drug-likeness (QED) is 0.384. The monoisotopic (exact) mass is 72.1 g/mol. The van der Waals surface area contributed by atoms with E-state index in [1.807, 2.05) is 0 Å². The maximum atomic E-state index is 2.25. The van der Waals surface area contributed by atoms with E-state index in [4.69, 9.17) is 0 Å². The molecule has 32 valence electrons. The molecule has 0 aliphatic heterocycles. The summed E-state index contributed by atoms with van der Waals surface area (Å²) in [5.74, 6) is 0. The smallest absolute Gasteiger partial charge is 0.191 e. The van der Waals surface area contributed by atoms with Crippen molar-refractivity contribution in [1.82, 2.24) is 0 Å². The lowest BCUT2D eigenvalue weighted by molar-refractivity contribution is 1.71. The average molecular weight is 72.0 g/mol. The molecule has 0 nitrogen and oxygen atoms in total. The summed E-state index contributed by atoms with van der Waals surface area (Å²) in [7, 11) is 0. The van der Waals surface area contributed by atoms with Crippen LogP contribution in [0.2, 0.25) is 27.3 Å². The predicted octanol–water partition coefficient (Wildman–Crippen LogP) is 2.07. The molecule has 0 spiro atoms. The van der Waals surface area contributed by atoms with E-state index in [0.717, 1.165) is 0 Å². The Labute approximate surface area is 36.0 Å². The van der Waals surface area contributed by atoms with Crippen molar-refractivity contribution in [3.8, 4) is 0 Å². The molecule has 0 saturated carbocycles. The lowest BCUT2D eigenvalue weighted by Gasteiger charge is -2.10. The molecule has 0 rings (SSSR count). The summed E-state index contributed by atoms with van der Waals surface area (Å²) in [5, 5.41) is 0. The average Bonchev–Trinajstić information content (AvgIpc) is 0.722. The van der Waals surface area contributed by atoms with Gasteiger partial charge >= 0.3 is 1.43 Å². The highest BCUT2D eigenvalue weighted by molar-refractivity contribution is 6.74. The van der Waals surface area contributed by atoms with Gasteiger partial charge in [-0.05, 0) is 6.15 Å². The Morgan fingerprint density at radius 2 is 1.00 bits per heavy atom. The molecule has 0 unspecified atom stereocenters. The highest BCUT2D eigenvalue weighted by atomic mass is 13.5. The molecule has 0 bridgehead atoms. The van der Waals surface area contributed by atoms with Crippen LogP contribution in [0.1, 0.15) is 1.43 Å². The van der Waals surface area contributed by atoms with Gasteiger partial charge in [0, 0.05) is 0 Å². The molecule has 0 saturated heterocycles. The van der Waals surface area contributed by atoms with E-state index in [1.54, 1.807) is 0 Å². The Balaban J connectivity index is 0. The molecular weight excluding hydrogens is 58.9 g/mol. The summed E-state index contributed by atoms with van der Waals surface area (Å²) in [6.07, 6.45) is 0. The van der Waals surface area contributed by atoms with Crippen molar-refractivity contribution in [2.75, 3.05) is 0 Å². The first-order chi connectivity index (χ1) is 2.00. The van der Waals surface area contributed by atoms with Gasteiger partial charge in [-0.2, -0.15) is 27.3 Å². The van der Waals surface area contributed by atoms with Crippen LogP contribution in [0, 0.1) is 0 Å². The zero-order valence-corrected chi connectivity index (χ0v) is 4.58. The molecular formula is C4H13B. The van der Waals surface area contributed by atoms with Gasteiger partial charge in [-0.3, -0.25) is 0 Å². The molecule has 0 aromatic rings. The highest BCUT2D eigenvalue weighted by Gasteiger charge is 1.90. The Kier molecular flexibility index (Phi) is 1.05. The summed E-state index contributed by atoms with van der Waals surface area (Å²) >= 11 is 0. The van der Waals surface area contributed by atoms with Crippen LogP contribution >= 0.6 is 0 Å². The standard InChI is InChI=1S/C4H12B/c1-5(2,3)4/h1-4H3/q-1/p+1. The first kappa shape index (κ1) is 5.06. The van der Waals surface area contributed by atoms with E-state index < -0.39 is 0 Å². The third-order valence-electron chi connectivity index (χ3n) is 0. The van der Waals surface area contributed by atoms with Gasteiger partial charge in [-0.25, -0.2) is 0 Å².